The maximum Gasteiger partial charge on any atom is 0.416 e. The van der Waals surface area contributed by atoms with E-state index >= 15 is 0 Å². The van der Waals surface area contributed by atoms with Crippen molar-refractivity contribution in [2.75, 3.05) is 0 Å². The quantitative estimate of drug-likeness (QED) is 0.377. The first-order valence-corrected chi connectivity index (χ1v) is 10.3. The van der Waals surface area contributed by atoms with Crippen molar-refractivity contribution in [1.29, 1.82) is 0 Å². The maximum absolute atomic E-state index is 13.2. The third kappa shape index (κ3) is 5.20. The van der Waals surface area contributed by atoms with Crippen molar-refractivity contribution in [3.8, 4) is 28.6 Å². The molecule has 1 N–H and O–H groups in total. The smallest absolute Gasteiger partial charge is 0.416 e. The number of halogens is 6. The van der Waals surface area contributed by atoms with Crippen LogP contribution in [0.5, 0.6) is 5.75 Å². The van der Waals surface area contributed by atoms with Crippen molar-refractivity contribution >= 4 is 0 Å². The average molecular weight is 486 g/mol. The van der Waals surface area contributed by atoms with Crippen LogP contribution in [0.4, 0.5) is 26.3 Å². The number of aromatic nitrogens is 2. The highest BCUT2D eigenvalue weighted by Crippen LogP contribution is 2.42. The van der Waals surface area contributed by atoms with Crippen LogP contribution >= 0.6 is 0 Å². The Morgan fingerprint density at radius 2 is 1.24 bits per heavy atom. The van der Waals surface area contributed by atoms with Crippen molar-refractivity contribution in [2.45, 2.75) is 64.7 Å². The average Bonchev–Trinajstić information content (AvgIpc) is 3.14. The van der Waals surface area contributed by atoms with Gasteiger partial charge in [-0.1, -0.05) is 52.8 Å². The lowest BCUT2D eigenvalue weighted by atomic mass is 9.79. The van der Waals surface area contributed by atoms with Gasteiger partial charge in [-0.2, -0.15) is 31.3 Å². The van der Waals surface area contributed by atoms with Gasteiger partial charge in [-0.3, -0.25) is 0 Å². The van der Waals surface area contributed by atoms with E-state index in [-0.39, 0.29) is 28.6 Å². The van der Waals surface area contributed by atoms with Crippen molar-refractivity contribution in [1.82, 2.24) is 10.1 Å². The van der Waals surface area contributed by atoms with Crippen LogP contribution < -0.4 is 0 Å². The minimum absolute atomic E-state index is 0.0228. The molecule has 10 heteroatoms. The summed E-state index contributed by atoms with van der Waals surface area (Å²) in [5.41, 5.74) is -2.77. The van der Waals surface area contributed by atoms with E-state index in [0.29, 0.717) is 17.7 Å². The van der Waals surface area contributed by atoms with Crippen molar-refractivity contribution in [3.63, 3.8) is 0 Å². The Bertz CT molecular complexity index is 1180. The number of phenols is 1. The van der Waals surface area contributed by atoms with E-state index in [2.05, 4.69) is 10.1 Å². The van der Waals surface area contributed by atoms with Crippen molar-refractivity contribution < 1.29 is 36.0 Å². The zero-order valence-corrected chi connectivity index (χ0v) is 19.4. The van der Waals surface area contributed by atoms with Gasteiger partial charge in [0.05, 0.1) is 16.7 Å². The monoisotopic (exact) mass is 486 g/mol. The van der Waals surface area contributed by atoms with E-state index in [1.165, 1.54) is 0 Å². The van der Waals surface area contributed by atoms with Crippen molar-refractivity contribution in [3.05, 3.63) is 52.6 Å². The molecule has 4 nitrogen and oxygen atoms in total. The lowest BCUT2D eigenvalue weighted by molar-refractivity contribution is -0.143. The predicted octanol–water partition coefficient (Wildman–Crippen LogP) is 7.74. The molecular formula is C24H24F6N2O2. The third-order valence-corrected chi connectivity index (χ3v) is 5.29. The van der Waals surface area contributed by atoms with Gasteiger partial charge in [0, 0.05) is 11.1 Å². The van der Waals surface area contributed by atoms with Crippen LogP contribution in [-0.2, 0) is 23.2 Å². The number of hydrogen-bond donors (Lipinski definition) is 1. The largest absolute Gasteiger partial charge is 0.507 e. The van der Waals surface area contributed by atoms with E-state index in [9.17, 15) is 31.4 Å². The molecule has 0 fully saturated rings. The Labute approximate surface area is 192 Å². The summed E-state index contributed by atoms with van der Waals surface area (Å²) in [7, 11) is 0. The molecule has 0 bridgehead atoms. The summed E-state index contributed by atoms with van der Waals surface area (Å²) >= 11 is 0. The van der Waals surface area contributed by atoms with Crippen LogP contribution in [0.3, 0.4) is 0 Å². The highest BCUT2D eigenvalue weighted by atomic mass is 19.4. The van der Waals surface area contributed by atoms with E-state index in [0.717, 1.165) is 5.56 Å². The third-order valence-electron chi connectivity index (χ3n) is 5.29. The number of alkyl halides is 6. The van der Waals surface area contributed by atoms with Gasteiger partial charge < -0.3 is 9.63 Å². The highest BCUT2D eigenvalue weighted by molar-refractivity contribution is 5.70. The van der Waals surface area contributed by atoms with Gasteiger partial charge in [-0.05, 0) is 40.7 Å². The summed E-state index contributed by atoms with van der Waals surface area (Å²) in [6, 6.07) is 4.53. The molecule has 0 aliphatic heterocycles. The summed E-state index contributed by atoms with van der Waals surface area (Å²) in [6.07, 6.45) is -10.0. The fourth-order valence-electron chi connectivity index (χ4n) is 3.34. The minimum atomic E-state index is -5.01. The van der Waals surface area contributed by atoms with Gasteiger partial charge in [0.15, 0.2) is 0 Å². The molecule has 0 radical (unpaired) electrons. The lowest BCUT2D eigenvalue weighted by Gasteiger charge is -2.27. The first-order valence-electron chi connectivity index (χ1n) is 10.3. The van der Waals surface area contributed by atoms with Gasteiger partial charge in [0.2, 0.25) is 5.82 Å². The van der Waals surface area contributed by atoms with Crippen LogP contribution in [0.15, 0.2) is 34.9 Å². The molecule has 3 rings (SSSR count). The summed E-state index contributed by atoms with van der Waals surface area (Å²) in [5, 5.41) is 14.7. The standard InChI is InChI=1S/C24H24F6N2O2/c1-21(2,3)13-10-16(18(33)17(11-13)22(4,5)6)19-31-20(34-32-19)12-7-14(23(25,26)27)9-15(8-12)24(28,29)30/h7-11,33H,1-6H3. The molecule has 34 heavy (non-hydrogen) atoms. The van der Waals surface area contributed by atoms with Gasteiger partial charge in [-0.15, -0.1) is 0 Å². The Balaban J connectivity index is 2.21. The normalized spacial score (nSPS) is 13.4. The first kappa shape index (κ1) is 25.6. The van der Waals surface area contributed by atoms with Crippen LogP contribution in [-0.4, -0.2) is 15.2 Å². The summed E-state index contributed by atoms with van der Waals surface area (Å²) in [6.45, 7) is 11.5. The molecule has 0 aliphatic rings. The second kappa shape index (κ2) is 8.02. The van der Waals surface area contributed by atoms with E-state index in [1.807, 2.05) is 47.6 Å². The number of hydrogen-bond acceptors (Lipinski definition) is 4. The first-order chi connectivity index (χ1) is 15.3. The molecular weight excluding hydrogens is 462 g/mol. The fourth-order valence-corrected chi connectivity index (χ4v) is 3.34. The van der Waals surface area contributed by atoms with Crippen LogP contribution in [0.1, 0.15) is 63.8 Å². The molecule has 1 aromatic heterocycles. The number of aromatic hydroxyl groups is 1. The van der Waals surface area contributed by atoms with Crippen molar-refractivity contribution in [2.24, 2.45) is 0 Å². The number of rotatable bonds is 2. The van der Waals surface area contributed by atoms with Gasteiger partial charge in [0.25, 0.3) is 5.89 Å². The van der Waals surface area contributed by atoms with E-state index in [1.54, 1.807) is 6.07 Å². The number of phenolic OH excluding ortho intramolecular Hbond substituents is 1. The molecule has 0 unspecified atom stereocenters. The van der Waals surface area contributed by atoms with Crippen LogP contribution in [0.25, 0.3) is 22.8 Å². The highest BCUT2D eigenvalue weighted by Gasteiger charge is 2.37. The zero-order valence-electron chi connectivity index (χ0n) is 19.4. The van der Waals surface area contributed by atoms with E-state index in [4.69, 9.17) is 4.52 Å². The topological polar surface area (TPSA) is 59.2 Å². The molecule has 2 aromatic carbocycles. The molecule has 0 aliphatic carbocycles. The predicted molar refractivity (Wildman–Crippen MR) is 114 cm³/mol. The lowest BCUT2D eigenvalue weighted by Crippen LogP contribution is -2.17. The van der Waals surface area contributed by atoms with Gasteiger partial charge in [0.1, 0.15) is 5.75 Å². The van der Waals surface area contributed by atoms with Crippen LogP contribution in [0, 0.1) is 0 Å². The number of nitrogens with zero attached hydrogens (tertiary/aromatic N) is 2. The zero-order chi connectivity index (χ0) is 25.9. The Morgan fingerprint density at radius 1 is 0.706 bits per heavy atom. The molecule has 3 aromatic rings. The molecule has 184 valence electrons. The SMILES string of the molecule is CC(C)(C)c1cc(-c2noc(-c3cc(C(F)(F)F)cc(C(F)(F)F)c3)n2)c(O)c(C(C)(C)C)c1. The Kier molecular flexibility index (Phi) is 6.04. The van der Waals surface area contributed by atoms with Crippen LogP contribution in [0.2, 0.25) is 0 Å². The summed E-state index contributed by atoms with van der Waals surface area (Å²) < 4.78 is 84.4. The molecule has 0 spiro atoms. The molecule has 0 amide bonds. The molecule has 0 saturated carbocycles. The molecule has 0 saturated heterocycles. The number of benzene rings is 2. The fraction of sp³-hybridized carbons (Fsp3) is 0.417. The Hall–Kier alpha value is -3.04. The van der Waals surface area contributed by atoms with E-state index < -0.39 is 40.3 Å². The second-order valence-corrected chi connectivity index (χ2v) is 10.1. The second-order valence-electron chi connectivity index (χ2n) is 10.1. The van der Waals surface area contributed by atoms with Gasteiger partial charge >= 0.3 is 12.4 Å². The summed E-state index contributed by atoms with van der Waals surface area (Å²) in [4.78, 5) is 4.03. The molecule has 1 heterocycles. The summed E-state index contributed by atoms with van der Waals surface area (Å²) in [5.74, 6) is -0.840. The maximum atomic E-state index is 13.2. The molecule has 0 atom stereocenters. The Morgan fingerprint density at radius 3 is 1.68 bits per heavy atom. The van der Waals surface area contributed by atoms with Gasteiger partial charge in [-0.25, -0.2) is 0 Å². The minimum Gasteiger partial charge on any atom is -0.507 e.